The van der Waals surface area contributed by atoms with Crippen molar-refractivity contribution in [3.63, 3.8) is 0 Å². The van der Waals surface area contributed by atoms with Crippen LogP contribution in [0.3, 0.4) is 0 Å². The summed E-state index contributed by atoms with van der Waals surface area (Å²) in [6.45, 7) is 0.203. The summed E-state index contributed by atoms with van der Waals surface area (Å²) in [6, 6.07) is 17.6. The van der Waals surface area contributed by atoms with E-state index in [1.54, 1.807) is 43.2 Å². The highest BCUT2D eigenvalue weighted by Crippen LogP contribution is 2.24. The first-order valence-corrected chi connectivity index (χ1v) is 11.2. The number of benzene rings is 2. The van der Waals surface area contributed by atoms with E-state index in [0.717, 1.165) is 16.5 Å². The summed E-state index contributed by atoms with van der Waals surface area (Å²) in [5, 5.41) is 11.9. The zero-order valence-electron chi connectivity index (χ0n) is 19.6. The van der Waals surface area contributed by atoms with E-state index >= 15 is 0 Å². The summed E-state index contributed by atoms with van der Waals surface area (Å²) in [5.74, 6) is -1.66. The van der Waals surface area contributed by atoms with Crippen molar-refractivity contribution in [1.82, 2.24) is 35.2 Å². The molecule has 0 aliphatic rings. The number of fused-ring (bicyclic) bond motifs is 2. The second-order valence-electron chi connectivity index (χ2n) is 8.44. The number of carbonyl (C=O) groups excluding carboxylic acids is 2. The molecule has 0 unspecified atom stereocenters. The predicted octanol–water partition coefficient (Wildman–Crippen LogP) is 3.05. The van der Waals surface area contributed by atoms with Gasteiger partial charge in [0.05, 0.1) is 29.9 Å². The van der Waals surface area contributed by atoms with E-state index in [-0.39, 0.29) is 18.0 Å². The Morgan fingerprint density at radius 1 is 1.06 bits per heavy atom. The van der Waals surface area contributed by atoms with Crippen molar-refractivity contribution >= 4 is 33.9 Å². The van der Waals surface area contributed by atoms with E-state index in [1.807, 2.05) is 30.3 Å². The van der Waals surface area contributed by atoms with E-state index in [0.29, 0.717) is 29.0 Å². The van der Waals surface area contributed by atoms with Crippen molar-refractivity contribution in [2.45, 2.75) is 6.54 Å². The van der Waals surface area contributed by atoms with Gasteiger partial charge in [-0.3, -0.25) is 14.6 Å². The minimum atomic E-state index is -0.710. The van der Waals surface area contributed by atoms with Gasteiger partial charge in [-0.1, -0.05) is 35.5 Å². The van der Waals surface area contributed by atoms with Crippen molar-refractivity contribution in [2.75, 3.05) is 20.6 Å². The van der Waals surface area contributed by atoms with Gasteiger partial charge in [-0.15, -0.1) is 5.10 Å². The Morgan fingerprint density at radius 3 is 2.69 bits per heavy atom. The van der Waals surface area contributed by atoms with Crippen LogP contribution < -0.4 is 5.32 Å². The zero-order valence-corrected chi connectivity index (χ0v) is 19.6. The average Bonchev–Trinajstić information content (AvgIpc) is 3.29. The molecule has 3 heterocycles. The Bertz CT molecular complexity index is 1610. The summed E-state index contributed by atoms with van der Waals surface area (Å²) < 4.78 is 16.5. The smallest absolute Gasteiger partial charge is 0.254 e. The number of pyridine rings is 2. The number of halogens is 1. The van der Waals surface area contributed by atoms with Gasteiger partial charge >= 0.3 is 0 Å². The lowest BCUT2D eigenvalue weighted by molar-refractivity contribution is -0.127. The second kappa shape index (κ2) is 9.49. The lowest BCUT2D eigenvalue weighted by atomic mass is 10.1. The van der Waals surface area contributed by atoms with Crippen LogP contribution in [0, 0.1) is 5.82 Å². The van der Waals surface area contributed by atoms with Gasteiger partial charge < -0.3 is 10.2 Å². The van der Waals surface area contributed by atoms with E-state index < -0.39 is 11.7 Å². The van der Waals surface area contributed by atoms with Crippen molar-refractivity contribution in [3.8, 4) is 11.3 Å². The highest BCUT2D eigenvalue weighted by molar-refractivity contribution is 5.97. The first kappa shape index (κ1) is 23.0. The van der Waals surface area contributed by atoms with Gasteiger partial charge in [0, 0.05) is 31.2 Å². The molecule has 3 aromatic heterocycles. The van der Waals surface area contributed by atoms with Crippen LogP contribution in [-0.4, -0.2) is 62.3 Å². The van der Waals surface area contributed by atoms with Gasteiger partial charge in [0.15, 0.2) is 5.65 Å². The fourth-order valence-electron chi connectivity index (χ4n) is 3.84. The first-order valence-electron chi connectivity index (χ1n) is 11.2. The van der Waals surface area contributed by atoms with Crippen molar-refractivity contribution < 1.29 is 14.0 Å². The SMILES string of the molecule is CN(C)C(=O)CNC(=O)c1ccc(-c2ccc3nnn(Cc4cccc5cccnc45)c3n2)cc1F. The number of hydrogen-bond donors (Lipinski definition) is 1. The first-order chi connectivity index (χ1) is 17.4. The van der Waals surface area contributed by atoms with Crippen LogP contribution >= 0.6 is 0 Å². The molecule has 2 aromatic carbocycles. The molecule has 0 saturated heterocycles. The molecule has 0 radical (unpaired) electrons. The number of likely N-dealkylation sites (N-methyl/N-ethyl adjacent to an activating group) is 1. The molecule has 10 heteroatoms. The molecule has 0 atom stereocenters. The molecule has 0 aliphatic carbocycles. The molecule has 2 amide bonds. The lowest BCUT2D eigenvalue weighted by Gasteiger charge is -2.11. The van der Waals surface area contributed by atoms with Crippen LogP contribution in [0.2, 0.25) is 0 Å². The normalized spacial score (nSPS) is 11.1. The van der Waals surface area contributed by atoms with Crippen LogP contribution in [0.4, 0.5) is 4.39 Å². The number of aromatic nitrogens is 5. The second-order valence-corrected chi connectivity index (χ2v) is 8.44. The number of hydrogen-bond acceptors (Lipinski definition) is 6. The maximum absolute atomic E-state index is 14.8. The minimum absolute atomic E-state index is 0.151. The van der Waals surface area contributed by atoms with Gasteiger partial charge in [0.2, 0.25) is 5.91 Å². The van der Waals surface area contributed by atoms with E-state index in [9.17, 15) is 14.0 Å². The number of carbonyl (C=O) groups is 2. The Hall–Kier alpha value is -4.73. The molecule has 0 fully saturated rings. The van der Waals surface area contributed by atoms with E-state index in [4.69, 9.17) is 0 Å². The topological polar surface area (TPSA) is 106 Å². The van der Waals surface area contributed by atoms with Crippen LogP contribution in [0.15, 0.2) is 66.9 Å². The molecule has 36 heavy (non-hydrogen) atoms. The van der Waals surface area contributed by atoms with Crippen molar-refractivity contribution in [1.29, 1.82) is 0 Å². The summed E-state index contributed by atoms with van der Waals surface area (Å²) >= 11 is 0. The van der Waals surface area contributed by atoms with Crippen molar-refractivity contribution in [3.05, 3.63) is 83.8 Å². The molecule has 0 aliphatic heterocycles. The van der Waals surface area contributed by atoms with Crippen LogP contribution in [0.1, 0.15) is 15.9 Å². The molecular formula is C26H22FN7O2. The van der Waals surface area contributed by atoms with Crippen LogP contribution in [0.5, 0.6) is 0 Å². The van der Waals surface area contributed by atoms with Crippen LogP contribution in [-0.2, 0) is 11.3 Å². The summed E-state index contributed by atoms with van der Waals surface area (Å²) in [5.41, 5.74) is 3.86. The molecule has 0 saturated carbocycles. The summed E-state index contributed by atoms with van der Waals surface area (Å²) in [7, 11) is 3.15. The minimum Gasteiger partial charge on any atom is -0.347 e. The van der Waals surface area contributed by atoms with Crippen molar-refractivity contribution in [2.24, 2.45) is 0 Å². The quantitative estimate of drug-likeness (QED) is 0.398. The largest absolute Gasteiger partial charge is 0.347 e. The average molecular weight is 484 g/mol. The molecule has 0 spiro atoms. The lowest BCUT2D eigenvalue weighted by Crippen LogP contribution is -2.36. The molecule has 180 valence electrons. The van der Waals surface area contributed by atoms with E-state index in [2.05, 4.69) is 25.6 Å². The molecule has 5 rings (SSSR count). The molecule has 9 nitrogen and oxygen atoms in total. The molecule has 0 bridgehead atoms. The third-order valence-electron chi connectivity index (χ3n) is 5.80. The maximum atomic E-state index is 14.8. The number of amides is 2. The van der Waals surface area contributed by atoms with Gasteiger partial charge in [0.25, 0.3) is 5.91 Å². The monoisotopic (exact) mass is 483 g/mol. The molecule has 1 N–H and O–H groups in total. The van der Waals surface area contributed by atoms with E-state index in [1.165, 1.54) is 17.0 Å². The molecular weight excluding hydrogens is 461 g/mol. The highest BCUT2D eigenvalue weighted by atomic mass is 19.1. The summed E-state index contributed by atoms with van der Waals surface area (Å²) in [4.78, 5) is 34.5. The van der Waals surface area contributed by atoms with Gasteiger partial charge in [-0.2, -0.15) is 0 Å². The fourth-order valence-corrected chi connectivity index (χ4v) is 3.84. The Labute approximate surface area is 205 Å². The zero-order chi connectivity index (χ0) is 25.2. The molecule has 5 aromatic rings. The standard InChI is InChI=1S/C26H22FN7O2/c1-33(2)23(35)14-29-26(36)19-9-8-17(13-20(19)27)21-10-11-22-25(30-21)34(32-31-22)15-18-6-3-5-16-7-4-12-28-24(16)18/h3-13H,14-15H2,1-2H3,(H,29,36). The third-order valence-corrected chi connectivity index (χ3v) is 5.80. The number of rotatable bonds is 6. The Kier molecular flexibility index (Phi) is 6.07. The van der Waals surface area contributed by atoms with Gasteiger partial charge in [-0.05, 0) is 35.9 Å². The number of nitrogens with zero attached hydrogens (tertiary/aromatic N) is 6. The number of para-hydroxylation sites is 1. The summed E-state index contributed by atoms with van der Waals surface area (Å²) in [6.07, 6.45) is 1.75. The Balaban J connectivity index is 1.42. The van der Waals surface area contributed by atoms with Crippen LogP contribution in [0.25, 0.3) is 33.3 Å². The Morgan fingerprint density at radius 2 is 1.89 bits per heavy atom. The highest BCUT2D eigenvalue weighted by Gasteiger charge is 2.16. The predicted molar refractivity (Wildman–Crippen MR) is 133 cm³/mol. The third kappa shape index (κ3) is 4.48. The van der Waals surface area contributed by atoms with Gasteiger partial charge in [-0.25, -0.2) is 14.1 Å². The van der Waals surface area contributed by atoms with Gasteiger partial charge in [0.1, 0.15) is 11.3 Å². The maximum Gasteiger partial charge on any atom is 0.254 e. The number of nitrogens with one attached hydrogen (secondary N) is 1. The fraction of sp³-hybridized carbons (Fsp3) is 0.154.